The Kier molecular flexibility index (Phi) is 9.64. The van der Waals surface area contributed by atoms with Crippen molar-refractivity contribution in [2.24, 2.45) is 11.8 Å². The number of hydrogen-bond donors (Lipinski definition) is 1. The number of aryl methyl sites for hydroxylation is 1. The van der Waals surface area contributed by atoms with Crippen LogP contribution in [0.5, 0.6) is 0 Å². The summed E-state index contributed by atoms with van der Waals surface area (Å²) >= 11 is 8.27. The SMILES string of the molecule is C=CCCCCOC(=O)[C@H]1[C@H]2C(=O)N([C@H](CO)c3ccccc3)C(C(=O)N(CC=C)c3c(C)cccc3Cl)C23CC[C@]1(C)S3. The number of benzene rings is 2. The molecule has 5 rings (SSSR count). The van der Waals surface area contributed by atoms with Crippen molar-refractivity contribution in [3.05, 3.63) is 90.0 Å². The van der Waals surface area contributed by atoms with Crippen LogP contribution in [0.4, 0.5) is 5.69 Å². The number of likely N-dealkylation sites (tertiary alicyclic amines) is 1. The molecule has 3 aliphatic rings. The van der Waals surface area contributed by atoms with E-state index in [1.165, 1.54) is 0 Å². The summed E-state index contributed by atoms with van der Waals surface area (Å²) in [5.41, 5.74) is 2.09. The van der Waals surface area contributed by atoms with Crippen LogP contribution in [0.25, 0.3) is 0 Å². The number of nitrogens with zero attached hydrogens (tertiary/aromatic N) is 2. The first-order valence-corrected chi connectivity index (χ1v) is 16.5. The lowest BCUT2D eigenvalue weighted by Crippen LogP contribution is -2.56. The van der Waals surface area contributed by atoms with Crippen molar-refractivity contribution in [2.45, 2.75) is 67.5 Å². The minimum absolute atomic E-state index is 0.177. The fourth-order valence-corrected chi connectivity index (χ4v) is 10.2. The summed E-state index contributed by atoms with van der Waals surface area (Å²) in [6, 6.07) is 13.0. The monoisotopic (exact) mass is 636 g/mol. The van der Waals surface area contributed by atoms with Gasteiger partial charge in [-0.15, -0.1) is 24.9 Å². The molecule has 3 saturated heterocycles. The summed E-state index contributed by atoms with van der Waals surface area (Å²) in [7, 11) is 0. The van der Waals surface area contributed by atoms with Gasteiger partial charge in [0.1, 0.15) is 6.04 Å². The number of esters is 1. The zero-order valence-electron chi connectivity index (χ0n) is 25.4. The van der Waals surface area contributed by atoms with Gasteiger partial charge in [0.2, 0.25) is 5.91 Å². The quantitative estimate of drug-likeness (QED) is 0.158. The Hall–Kier alpha value is -3.07. The maximum atomic E-state index is 15.0. The second-order valence-electron chi connectivity index (χ2n) is 12.2. The van der Waals surface area contributed by atoms with Crippen LogP contribution in [0.15, 0.2) is 73.8 Å². The Balaban J connectivity index is 1.61. The molecule has 0 aromatic heterocycles. The van der Waals surface area contributed by atoms with Gasteiger partial charge in [-0.3, -0.25) is 14.4 Å². The third-order valence-electron chi connectivity index (χ3n) is 9.48. The van der Waals surface area contributed by atoms with Gasteiger partial charge in [0.05, 0.1) is 46.5 Å². The number of anilines is 1. The molecule has 1 N–H and O–H groups in total. The van der Waals surface area contributed by atoms with Crippen LogP contribution in [0, 0.1) is 18.8 Å². The average Bonchev–Trinajstić information content (AvgIpc) is 3.58. The van der Waals surface area contributed by atoms with Gasteiger partial charge in [-0.1, -0.05) is 66.2 Å². The topological polar surface area (TPSA) is 87.1 Å². The van der Waals surface area contributed by atoms with E-state index in [-0.39, 0.29) is 31.6 Å². The maximum Gasteiger partial charge on any atom is 0.311 e. The maximum absolute atomic E-state index is 15.0. The summed E-state index contributed by atoms with van der Waals surface area (Å²) in [5.74, 6) is -2.47. The molecule has 1 spiro atoms. The number of rotatable bonds is 13. The van der Waals surface area contributed by atoms with Gasteiger partial charge in [-0.05, 0) is 63.1 Å². The average molecular weight is 637 g/mol. The van der Waals surface area contributed by atoms with Crippen molar-refractivity contribution in [3.8, 4) is 0 Å². The van der Waals surface area contributed by atoms with Gasteiger partial charge in [-0.25, -0.2) is 0 Å². The molecule has 3 fully saturated rings. The van der Waals surface area contributed by atoms with Crippen LogP contribution in [-0.4, -0.2) is 63.1 Å². The number of aliphatic hydroxyl groups excluding tert-OH is 1. The molecule has 9 heteroatoms. The van der Waals surface area contributed by atoms with Gasteiger partial charge in [0.15, 0.2) is 0 Å². The van der Waals surface area contributed by atoms with E-state index in [0.717, 1.165) is 18.4 Å². The van der Waals surface area contributed by atoms with E-state index < -0.39 is 39.4 Å². The third kappa shape index (κ3) is 5.39. The molecule has 0 aliphatic carbocycles. The van der Waals surface area contributed by atoms with E-state index in [1.54, 1.807) is 33.7 Å². The van der Waals surface area contributed by atoms with Crippen molar-refractivity contribution in [2.75, 3.05) is 24.7 Å². The van der Waals surface area contributed by atoms with E-state index in [1.807, 2.05) is 62.4 Å². The van der Waals surface area contributed by atoms with Crippen molar-refractivity contribution in [1.82, 2.24) is 4.90 Å². The largest absolute Gasteiger partial charge is 0.465 e. The lowest BCUT2D eigenvalue weighted by Gasteiger charge is -2.40. The minimum Gasteiger partial charge on any atom is -0.465 e. The van der Waals surface area contributed by atoms with E-state index in [0.29, 0.717) is 35.5 Å². The molecule has 6 atom stereocenters. The predicted molar refractivity (Wildman–Crippen MR) is 176 cm³/mol. The third-order valence-corrected chi connectivity index (χ3v) is 11.8. The number of halogens is 1. The number of unbranched alkanes of at least 4 members (excludes halogenated alkanes) is 2. The lowest BCUT2D eigenvalue weighted by atomic mass is 9.66. The molecule has 3 aliphatic heterocycles. The zero-order valence-corrected chi connectivity index (χ0v) is 27.0. The second kappa shape index (κ2) is 13.1. The van der Waals surface area contributed by atoms with Crippen molar-refractivity contribution < 1.29 is 24.2 Å². The Labute approximate surface area is 269 Å². The van der Waals surface area contributed by atoms with Gasteiger partial charge in [0, 0.05) is 11.3 Å². The van der Waals surface area contributed by atoms with E-state index in [9.17, 15) is 14.7 Å². The molecule has 0 radical (unpaired) electrons. The van der Waals surface area contributed by atoms with Gasteiger partial charge >= 0.3 is 5.97 Å². The molecule has 2 aromatic carbocycles. The Morgan fingerprint density at radius 1 is 1.16 bits per heavy atom. The van der Waals surface area contributed by atoms with Gasteiger partial charge in [-0.2, -0.15) is 0 Å². The number of para-hydroxylation sites is 1. The highest BCUT2D eigenvalue weighted by molar-refractivity contribution is 8.02. The number of allylic oxidation sites excluding steroid dienone is 1. The number of thioether (sulfide) groups is 1. The van der Waals surface area contributed by atoms with E-state index in [4.69, 9.17) is 16.3 Å². The molecule has 234 valence electrons. The molecule has 2 bridgehead atoms. The summed E-state index contributed by atoms with van der Waals surface area (Å²) < 4.78 is 4.36. The van der Waals surface area contributed by atoms with Crippen LogP contribution in [0.2, 0.25) is 5.02 Å². The van der Waals surface area contributed by atoms with Crippen molar-refractivity contribution >= 4 is 46.8 Å². The van der Waals surface area contributed by atoms with E-state index in [2.05, 4.69) is 13.2 Å². The normalized spacial score (nSPS) is 27.6. The molecule has 0 saturated carbocycles. The highest BCUT2D eigenvalue weighted by Gasteiger charge is 2.78. The first-order valence-electron chi connectivity index (χ1n) is 15.3. The highest BCUT2D eigenvalue weighted by Crippen LogP contribution is 2.72. The molecular formula is C35H41ClN2O5S. The minimum atomic E-state index is -0.954. The number of amides is 2. The van der Waals surface area contributed by atoms with Crippen LogP contribution in [-0.2, 0) is 19.1 Å². The number of fused-ring (bicyclic) bond motifs is 1. The zero-order chi connectivity index (χ0) is 31.6. The molecule has 3 heterocycles. The molecular weight excluding hydrogens is 596 g/mol. The summed E-state index contributed by atoms with van der Waals surface area (Å²) in [6.07, 6.45) is 7.14. The van der Waals surface area contributed by atoms with Crippen LogP contribution in [0.1, 0.15) is 56.2 Å². The van der Waals surface area contributed by atoms with Crippen molar-refractivity contribution in [3.63, 3.8) is 0 Å². The Morgan fingerprint density at radius 2 is 1.91 bits per heavy atom. The Morgan fingerprint density at radius 3 is 2.57 bits per heavy atom. The van der Waals surface area contributed by atoms with Crippen molar-refractivity contribution in [1.29, 1.82) is 0 Å². The number of aliphatic hydroxyl groups is 1. The highest BCUT2D eigenvalue weighted by atomic mass is 35.5. The molecule has 44 heavy (non-hydrogen) atoms. The molecule has 2 amide bonds. The lowest BCUT2D eigenvalue weighted by molar-refractivity contribution is -0.156. The molecule has 2 unspecified atom stereocenters. The standard InChI is InChI=1S/C35H41ClN2O5S/c1-5-7-8-12-21-43-33(42)28-27-31(40)38(26(22-39)24-15-10-9-11-16-24)30(35(27)19-18-34(28,4)44-35)32(41)37(20-6-2)29-23(3)14-13-17-25(29)36/h5-6,9-11,13-17,26-28,30,39H,1-2,7-8,12,18-22H2,3-4H3/t26-,27+,28-,30?,34+,35?/m1/s1. The van der Waals surface area contributed by atoms with Gasteiger partial charge in [0.25, 0.3) is 5.91 Å². The van der Waals surface area contributed by atoms with Crippen LogP contribution in [0.3, 0.4) is 0 Å². The number of carbonyl (C=O) groups is 3. The summed E-state index contributed by atoms with van der Waals surface area (Å²) in [4.78, 5) is 46.7. The second-order valence-corrected chi connectivity index (χ2v) is 14.5. The van der Waals surface area contributed by atoms with E-state index >= 15 is 4.79 Å². The Bertz CT molecular complexity index is 1420. The number of hydrogen-bond acceptors (Lipinski definition) is 6. The number of carbonyl (C=O) groups excluding carboxylic acids is 3. The smallest absolute Gasteiger partial charge is 0.311 e. The summed E-state index contributed by atoms with van der Waals surface area (Å²) in [5, 5.41) is 11.2. The molecule has 7 nitrogen and oxygen atoms in total. The summed E-state index contributed by atoms with van der Waals surface area (Å²) in [6.45, 7) is 11.6. The van der Waals surface area contributed by atoms with Gasteiger partial charge < -0.3 is 19.6 Å². The van der Waals surface area contributed by atoms with Crippen LogP contribution < -0.4 is 4.90 Å². The van der Waals surface area contributed by atoms with Crippen LogP contribution >= 0.6 is 23.4 Å². The fourth-order valence-electron chi connectivity index (χ4n) is 7.55. The predicted octanol–water partition coefficient (Wildman–Crippen LogP) is 6.28. The first-order chi connectivity index (χ1) is 21.1. The first kappa shape index (κ1) is 32.3. The number of ether oxygens (including phenoxy) is 1. The fraction of sp³-hybridized carbons (Fsp3) is 0.457. The molecule has 2 aromatic rings.